The van der Waals surface area contributed by atoms with Gasteiger partial charge in [-0.05, 0) is 42.9 Å². The van der Waals surface area contributed by atoms with E-state index in [1.54, 1.807) is 0 Å². The Hall–Kier alpha value is -2.15. The van der Waals surface area contributed by atoms with Gasteiger partial charge in [0.2, 0.25) is 0 Å². The van der Waals surface area contributed by atoms with Gasteiger partial charge in [0.15, 0.2) is 11.6 Å². The largest absolute Gasteiger partial charge is 0.307 e. The van der Waals surface area contributed by atoms with Gasteiger partial charge in [0.05, 0.1) is 17.9 Å². The molecule has 2 aliphatic rings. The Bertz CT molecular complexity index is 1090. The van der Waals surface area contributed by atoms with Gasteiger partial charge < -0.3 is 5.32 Å². The smallest absolute Gasteiger partial charge is 0.159 e. The van der Waals surface area contributed by atoms with Crippen LogP contribution in [0.3, 0.4) is 0 Å². The quantitative estimate of drug-likeness (QED) is 0.587. The van der Waals surface area contributed by atoms with Crippen molar-refractivity contribution in [3.8, 4) is 5.69 Å². The molecule has 1 fully saturated rings. The standard InChI is InChI=1S/C22H22ClN5S/c1-2-29-18-8-4-7-17-21(18)22(14-5-3-6-15(23)11-14)25-13-20-27-26-19(28(17)20)12-24-16-9-10-16/h3-8,11,16,24H,2,9-10,12-13H2,1H3. The SMILES string of the molecule is CCSc1cccc2c1C(c1cccc(Cl)c1)=NCc1nnc(CNC3CC3)n1-2. The van der Waals surface area contributed by atoms with Crippen molar-refractivity contribution in [3.05, 3.63) is 70.3 Å². The van der Waals surface area contributed by atoms with E-state index in [1.165, 1.54) is 17.7 Å². The summed E-state index contributed by atoms with van der Waals surface area (Å²) in [5.74, 6) is 2.80. The van der Waals surface area contributed by atoms with Gasteiger partial charge in [0.1, 0.15) is 6.54 Å². The van der Waals surface area contributed by atoms with Crippen molar-refractivity contribution in [3.63, 3.8) is 0 Å². The third-order valence-corrected chi connectivity index (χ3v) is 6.36. The molecule has 0 spiro atoms. The molecule has 1 saturated carbocycles. The van der Waals surface area contributed by atoms with Crippen molar-refractivity contribution >= 4 is 29.1 Å². The molecular weight excluding hydrogens is 402 g/mol. The topological polar surface area (TPSA) is 55.1 Å². The first-order valence-electron chi connectivity index (χ1n) is 9.98. The number of benzene rings is 2. The molecule has 0 saturated heterocycles. The van der Waals surface area contributed by atoms with Crippen molar-refractivity contribution < 1.29 is 0 Å². The molecule has 0 radical (unpaired) electrons. The minimum absolute atomic E-state index is 0.489. The molecule has 1 aliphatic carbocycles. The van der Waals surface area contributed by atoms with Crippen molar-refractivity contribution in [2.24, 2.45) is 4.99 Å². The van der Waals surface area contributed by atoms with Crippen molar-refractivity contribution in [2.75, 3.05) is 5.75 Å². The van der Waals surface area contributed by atoms with Crippen LogP contribution in [-0.2, 0) is 13.1 Å². The molecule has 0 unspecified atom stereocenters. The van der Waals surface area contributed by atoms with Crippen molar-refractivity contribution in [2.45, 2.75) is 43.8 Å². The van der Waals surface area contributed by atoms with Crippen LogP contribution in [0.5, 0.6) is 0 Å². The lowest BCUT2D eigenvalue weighted by Gasteiger charge is -2.17. The Morgan fingerprint density at radius 1 is 1.17 bits per heavy atom. The Labute approximate surface area is 179 Å². The second kappa shape index (κ2) is 7.94. The summed E-state index contributed by atoms with van der Waals surface area (Å²) in [6.45, 7) is 3.38. The highest BCUT2D eigenvalue weighted by Crippen LogP contribution is 2.34. The highest BCUT2D eigenvalue weighted by atomic mass is 35.5. The number of hydrogen-bond acceptors (Lipinski definition) is 5. The Morgan fingerprint density at radius 3 is 2.83 bits per heavy atom. The zero-order valence-electron chi connectivity index (χ0n) is 16.2. The van der Waals surface area contributed by atoms with E-state index in [2.05, 4.69) is 51.3 Å². The monoisotopic (exact) mass is 423 g/mol. The van der Waals surface area contributed by atoms with Crippen molar-refractivity contribution in [1.82, 2.24) is 20.1 Å². The summed E-state index contributed by atoms with van der Waals surface area (Å²) in [5.41, 5.74) is 4.21. The summed E-state index contributed by atoms with van der Waals surface area (Å²) in [7, 11) is 0. The first-order chi connectivity index (χ1) is 14.2. The molecule has 1 aromatic heterocycles. The molecular formula is C22H22ClN5S. The molecule has 5 rings (SSSR count). The number of halogens is 1. The van der Waals surface area contributed by atoms with Gasteiger partial charge in [-0.3, -0.25) is 9.56 Å². The molecule has 29 heavy (non-hydrogen) atoms. The molecule has 148 valence electrons. The van der Waals surface area contributed by atoms with Crippen LogP contribution in [0, 0.1) is 0 Å². The maximum atomic E-state index is 6.31. The van der Waals surface area contributed by atoms with Gasteiger partial charge in [-0.2, -0.15) is 0 Å². The molecule has 1 aliphatic heterocycles. The third-order valence-electron chi connectivity index (χ3n) is 5.18. The van der Waals surface area contributed by atoms with Crippen LogP contribution in [0.1, 0.15) is 42.5 Å². The maximum absolute atomic E-state index is 6.31. The van der Waals surface area contributed by atoms with E-state index >= 15 is 0 Å². The minimum atomic E-state index is 0.489. The Kier molecular flexibility index (Phi) is 5.16. The van der Waals surface area contributed by atoms with Crippen molar-refractivity contribution in [1.29, 1.82) is 0 Å². The lowest BCUT2D eigenvalue weighted by molar-refractivity contribution is 0.645. The molecule has 0 bridgehead atoms. The lowest BCUT2D eigenvalue weighted by Crippen LogP contribution is -2.19. The van der Waals surface area contributed by atoms with Crippen LogP contribution < -0.4 is 5.32 Å². The van der Waals surface area contributed by atoms with Gasteiger partial charge in [0, 0.05) is 27.1 Å². The summed E-state index contributed by atoms with van der Waals surface area (Å²) in [4.78, 5) is 6.20. The van der Waals surface area contributed by atoms with Gasteiger partial charge >= 0.3 is 0 Å². The molecule has 2 aromatic carbocycles. The van der Waals surface area contributed by atoms with E-state index in [0.29, 0.717) is 17.6 Å². The fourth-order valence-electron chi connectivity index (χ4n) is 3.69. The van der Waals surface area contributed by atoms with Crippen LogP contribution in [0.25, 0.3) is 5.69 Å². The van der Waals surface area contributed by atoms with Gasteiger partial charge in [-0.1, -0.05) is 36.7 Å². The average Bonchev–Trinajstić information content (AvgIpc) is 3.49. The number of aliphatic imine (C=N–C) groups is 1. The Balaban J connectivity index is 1.67. The number of aromatic nitrogens is 3. The van der Waals surface area contributed by atoms with E-state index in [1.807, 2.05) is 30.0 Å². The van der Waals surface area contributed by atoms with Gasteiger partial charge in [0.25, 0.3) is 0 Å². The van der Waals surface area contributed by atoms with E-state index < -0.39 is 0 Å². The highest BCUT2D eigenvalue weighted by Gasteiger charge is 2.26. The maximum Gasteiger partial charge on any atom is 0.159 e. The summed E-state index contributed by atoms with van der Waals surface area (Å²) in [6.07, 6.45) is 2.49. The van der Waals surface area contributed by atoms with Crippen LogP contribution in [0.4, 0.5) is 0 Å². The van der Waals surface area contributed by atoms with E-state index in [9.17, 15) is 0 Å². The molecule has 7 heteroatoms. The summed E-state index contributed by atoms with van der Waals surface area (Å²) in [6, 6.07) is 15.0. The van der Waals surface area contributed by atoms with E-state index in [4.69, 9.17) is 16.6 Å². The van der Waals surface area contributed by atoms with Crippen LogP contribution >= 0.6 is 23.4 Å². The average molecular weight is 424 g/mol. The fraction of sp³-hybridized carbons (Fsp3) is 0.318. The van der Waals surface area contributed by atoms with Gasteiger partial charge in [-0.25, -0.2) is 0 Å². The normalized spacial score (nSPS) is 15.4. The first kappa shape index (κ1) is 18.9. The number of rotatable bonds is 6. The Morgan fingerprint density at radius 2 is 2.03 bits per heavy atom. The summed E-state index contributed by atoms with van der Waals surface area (Å²) < 4.78 is 2.19. The zero-order chi connectivity index (χ0) is 19.8. The first-order valence-corrected chi connectivity index (χ1v) is 11.3. The minimum Gasteiger partial charge on any atom is -0.307 e. The highest BCUT2D eigenvalue weighted by molar-refractivity contribution is 7.99. The predicted molar refractivity (Wildman–Crippen MR) is 118 cm³/mol. The molecule has 1 N–H and O–H groups in total. The predicted octanol–water partition coefficient (Wildman–Crippen LogP) is 4.64. The number of nitrogens with one attached hydrogen (secondary N) is 1. The van der Waals surface area contributed by atoms with Crippen LogP contribution in [0.2, 0.25) is 5.02 Å². The summed E-state index contributed by atoms with van der Waals surface area (Å²) >= 11 is 8.14. The second-order valence-electron chi connectivity index (χ2n) is 7.28. The van der Waals surface area contributed by atoms with Crippen LogP contribution in [-0.4, -0.2) is 32.3 Å². The van der Waals surface area contributed by atoms with E-state index in [0.717, 1.165) is 46.5 Å². The molecule has 2 heterocycles. The lowest BCUT2D eigenvalue weighted by atomic mass is 10.0. The summed E-state index contributed by atoms with van der Waals surface area (Å²) in [5, 5.41) is 13.2. The fourth-order valence-corrected chi connectivity index (χ4v) is 4.71. The molecule has 3 aromatic rings. The van der Waals surface area contributed by atoms with Gasteiger partial charge in [-0.15, -0.1) is 22.0 Å². The number of nitrogens with zero attached hydrogens (tertiary/aromatic N) is 4. The molecule has 0 amide bonds. The number of fused-ring (bicyclic) bond motifs is 3. The zero-order valence-corrected chi connectivity index (χ0v) is 17.8. The number of hydrogen-bond donors (Lipinski definition) is 1. The second-order valence-corrected chi connectivity index (χ2v) is 9.02. The third kappa shape index (κ3) is 3.72. The molecule has 0 atom stereocenters. The molecule has 5 nitrogen and oxygen atoms in total. The number of thioether (sulfide) groups is 1. The van der Waals surface area contributed by atoms with E-state index in [-0.39, 0.29) is 0 Å². The van der Waals surface area contributed by atoms with Crippen LogP contribution in [0.15, 0.2) is 52.4 Å².